The van der Waals surface area contributed by atoms with Crippen molar-refractivity contribution in [2.45, 2.75) is 45.6 Å². The average Bonchev–Trinajstić information content (AvgIpc) is 2.98. The van der Waals surface area contributed by atoms with Crippen molar-refractivity contribution in [3.05, 3.63) is 71.4 Å². The molecule has 2 aromatic rings. The van der Waals surface area contributed by atoms with Gasteiger partial charge in [-0.05, 0) is 42.4 Å². The molecule has 188 valence electrons. The number of nitrogens with zero attached hydrogens (tertiary/aromatic N) is 2. The third-order valence-electron chi connectivity index (χ3n) is 7.68. The molecule has 1 unspecified atom stereocenters. The Morgan fingerprint density at radius 3 is 2.36 bits per heavy atom. The van der Waals surface area contributed by atoms with Gasteiger partial charge in [-0.3, -0.25) is 14.4 Å². The van der Waals surface area contributed by atoms with E-state index in [2.05, 4.69) is 24.1 Å². The molecule has 2 heterocycles. The van der Waals surface area contributed by atoms with Gasteiger partial charge in [-0.25, -0.2) is 0 Å². The van der Waals surface area contributed by atoms with Crippen LogP contribution in [0.15, 0.2) is 65.9 Å². The summed E-state index contributed by atoms with van der Waals surface area (Å²) in [5.41, 5.74) is 9.81. The van der Waals surface area contributed by atoms with Gasteiger partial charge in [0, 0.05) is 36.7 Å². The van der Waals surface area contributed by atoms with Gasteiger partial charge in [0.2, 0.25) is 11.8 Å². The summed E-state index contributed by atoms with van der Waals surface area (Å²) < 4.78 is 0. The Bertz CT molecular complexity index is 1210. The number of hydrogen-bond donors (Lipinski definition) is 2. The Labute approximate surface area is 212 Å². The molecular formula is C29H34N4O3. The van der Waals surface area contributed by atoms with Crippen LogP contribution in [0.5, 0.6) is 0 Å². The number of amides is 2. The number of anilines is 2. The minimum atomic E-state index is -0.381. The van der Waals surface area contributed by atoms with Crippen molar-refractivity contribution in [1.29, 1.82) is 0 Å². The predicted octanol–water partition coefficient (Wildman–Crippen LogP) is 4.03. The van der Waals surface area contributed by atoms with Gasteiger partial charge in [0.1, 0.15) is 0 Å². The summed E-state index contributed by atoms with van der Waals surface area (Å²) in [4.78, 5) is 42.8. The summed E-state index contributed by atoms with van der Waals surface area (Å²) >= 11 is 0. The minimum absolute atomic E-state index is 0.0127. The number of para-hydroxylation sites is 2. The fourth-order valence-electron chi connectivity index (χ4n) is 5.87. The largest absolute Gasteiger partial charge is 0.369 e. The lowest BCUT2D eigenvalue weighted by molar-refractivity contribution is -0.133. The van der Waals surface area contributed by atoms with Gasteiger partial charge in [-0.2, -0.15) is 0 Å². The highest BCUT2D eigenvalue weighted by Crippen LogP contribution is 2.48. The second kappa shape index (κ2) is 9.45. The topological polar surface area (TPSA) is 95.7 Å². The molecule has 7 heteroatoms. The number of benzene rings is 2. The second-order valence-corrected chi connectivity index (χ2v) is 11.0. The molecule has 2 aromatic carbocycles. The third kappa shape index (κ3) is 4.62. The Kier molecular flexibility index (Phi) is 6.33. The fraction of sp³-hybridized carbons (Fsp3) is 0.414. The summed E-state index contributed by atoms with van der Waals surface area (Å²) in [5, 5.41) is 3.59. The number of nitrogens with two attached hydrogens (primary N) is 1. The van der Waals surface area contributed by atoms with Crippen LogP contribution in [0.1, 0.15) is 51.1 Å². The highest BCUT2D eigenvalue weighted by atomic mass is 16.2. The van der Waals surface area contributed by atoms with E-state index in [4.69, 9.17) is 5.73 Å². The number of ketones is 1. The number of rotatable bonds is 4. The molecule has 36 heavy (non-hydrogen) atoms. The lowest BCUT2D eigenvalue weighted by atomic mass is 9.73. The Balaban J connectivity index is 1.56. The Morgan fingerprint density at radius 1 is 1.00 bits per heavy atom. The van der Waals surface area contributed by atoms with E-state index in [1.165, 1.54) is 0 Å². The molecule has 5 rings (SSSR count). The van der Waals surface area contributed by atoms with E-state index in [-0.39, 0.29) is 41.5 Å². The maximum absolute atomic E-state index is 13.7. The molecule has 3 N–H and O–H groups in total. The molecule has 2 amide bonds. The molecule has 1 fully saturated rings. The summed E-state index contributed by atoms with van der Waals surface area (Å²) in [6, 6.07) is 17.6. The van der Waals surface area contributed by atoms with E-state index in [9.17, 15) is 14.4 Å². The first-order valence-corrected chi connectivity index (χ1v) is 12.7. The summed E-state index contributed by atoms with van der Waals surface area (Å²) in [6.07, 6.45) is 2.40. The Hall–Kier alpha value is -3.61. The molecule has 0 spiro atoms. The van der Waals surface area contributed by atoms with E-state index < -0.39 is 0 Å². The lowest BCUT2D eigenvalue weighted by Gasteiger charge is -2.39. The number of nitrogens with one attached hydrogen (secondary N) is 1. The van der Waals surface area contributed by atoms with E-state index in [0.717, 1.165) is 34.6 Å². The van der Waals surface area contributed by atoms with Gasteiger partial charge in [0.25, 0.3) is 0 Å². The van der Waals surface area contributed by atoms with Crippen molar-refractivity contribution >= 4 is 29.0 Å². The van der Waals surface area contributed by atoms with Gasteiger partial charge in [0.15, 0.2) is 5.78 Å². The van der Waals surface area contributed by atoms with Crippen LogP contribution < -0.4 is 16.0 Å². The fourth-order valence-corrected chi connectivity index (χ4v) is 5.87. The first-order chi connectivity index (χ1) is 17.2. The zero-order valence-electron chi connectivity index (χ0n) is 21.0. The molecular weight excluding hydrogens is 452 g/mol. The summed E-state index contributed by atoms with van der Waals surface area (Å²) in [7, 11) is 0. The minimum Gasteiger partial charge on any atom is -0.369 e. The van der Waals surface area contributed by atoms with Gasteiger partial charge in [-0.15, -0.1) is 0 Å². The summed E-state index contributed by atoms with van der Waals surface area (Å²) in [6.45, 7) is 5.41. The first kappa shape index (κ1) is 24.1. The van der Waals surface area contributed by atoms with E-state index in [1.807, 2.05) is 59.5 Å². The second-order valence-electron chi connectivity index (χ2n) is 11.0. The number of carbonyl (C=O) groups is 3. The van der Waals surface area contributed by atoms with Crippen LogP contribution in [-0.4, -0.2) is 42.1 Å². The smallest absolute Gasteiger partial charge is 0.242 e. The van der Waals surface area contributed by atoms with Crippen molar-refractivity contribution in [2.24, 2.45) is 17.1 Å². The molecule has 0 saturated carbocycles. The molecule has 0 bridgehead atoms. The SMILES string of the molecule is CC1(C)CC(=O)C2=C(C1)Nc1ccccc1N(CC(=O)N1CCC(C(N)=O)CC1)C2c1ccccc1. The van der Waals surface area contributed by atoms with Crippen LogP contribution in [0.25, 0.3) is 0 Å². The number of allylic oxidation sites excluding steroid dienone is 1. The number of fused-ring (bicyclic) bond motifs is 1. The number of likely N-dealkylation sites (tertiary alicyclic amines) is 1. The van der Waals surface area contributed by atoms with Crippen molar-refractivity contribution in [3.8, 4) is 0 Å². The maximum atomic E-state index is 13.7. The molecule has 2 aliphatic heterocycles. The van der Waals surface area contributed by atoms with E-state index >= 15 is 0 Å². The normalized spacial score (nSPS) is 21.8. The first-order valence-electron chi connectivity index (χ1n) is 12.7. The van der Waals surface area contributed by atoms with Crippen molar-refractivity contribution in [1.82, 2.24) is 4.90 Å². The number of Topliss-reactive ketones (excluding diaryl/α,β-unsaturated/α-hetero) is 1. The van der Waals surface area contributed by atoms with Crippen LogP contribution in [0, 0.1) is 11.3 Å². The van der Waals surface area contributed by atoms with E-state index in [1.54, 1.807) is 0 Å². The summed E-state index contributed by atoms with van der Waals surface area (Å²) in [5.74, 6) is -0.362. The molecule has 1 atom stereocenters. The highest BCUT2D eigenvalue weighted by Gasteiger charge is 2.42. The van der Waals surface area contributed by atoms with Gasteiger partial charge in [-0.1, -0.05) is 56.3 Å². The number of hydrogen-bond acceptors (Lipinski definition) is 5. The van der Waals surface area contributed by atoms with Crippen LogP contribution in [0.4, 0.5) is 11.4 Å². The van der Waals surface area contributed by atoms with Gasteiger partial charge in [0.05, 0.1) is 24.0 Å². The van der Waals surface area contributed by atoms with Gasteiger partial charge < -0.3 is 20.9 Å². The molecule has 3 aliphatic rings. The molecule has 0 aromatic heterocycles. The quantitative estimate of drug-likeness (QED) is 0.680. The highest BCUT2D eigenvalue weighted by molar-refractivity contribution is 6.02. The zero-order valence-corrected chi connectivity index (χ0v) is 21.0. The number of carbonyl (C=O) groups excluding carboxylic acids is 3. The van der Waals surface area contributed by atoms with Gasteiger partial charge >= 0.3 is 0 Å². The van der Waals surface area contributed by atoms with Crippen LogP contribution in [0.3, 0.4) is 0 Å². The van der Waals surface area contributed by atoms with Crippen molar-refractivity contribution in [2.75, 3.05) is 29.9 Å². The molecule has 1 aliphatic carbocycles. The van der Waals surface area contributed by atoms with Crippen LogP contribution in [-0.2, 0) is 14.4 Å². The average molecular weight is 487 g/mol. The van der Waals surface area contributed by atoms with Crippen molar-refractivity contribution in [3.63, 3.8) is 0 Å². The lowest BCUT2D eigenvalue weighted by Crippen LogP contribution is -2.47. The van der Waals surface area contributed by atoms with Crippen LogP contribution in [0.2, 0.25) is 0 Å². The van der Waals surface area contributed by atoms with Crippen molar-refractivity contribution < 1.29 is 14.4 Å². The predicted molar refractivity (Wildman–Crippen MR) is 140 cm³/mol. The standard InChI is InChI=1S/C29H34N4O3/c1-29(2)16-22-26(24(34)17-29)27(19-8-4-3-5-9-19)33(23-11-7-6-10-21(23)31-22)18-25(35)32-14-12-20(13-15-32)28(30)36/h3-11,20,27,31H,12-18H2,1-2H3,(H2,30,36). The molecule has 0 radical (unpaired) electrons. The maximum Gasteiger partial charge on any atom is 0.242 e. The molecule has 1 saturated heterocycles. The monoisotopic (exact) mass is 486 g/mol. The van der Waals surface area contributed by atoms with E-state index in [0.29, 0.717) is 32.4 Å². The Morgan fingerprint density at radius 2 is 1.67 bits per heavy atom. The third-order valence-corrected chi connectivity index (χ3v) is 7.68. The van der Waals surface area contributed by atoms with Crippen LogP contribution >= 0.6 is 0 Å². The number of primary amides is 1. The zero-order chi connectivity index (χ0) is 25.4. The molecule has 7 nitrogen and oxygen atoms in total. The number of piperidine rings is 1.